The van der Waals surface area contributed by atoms with Crippen LogP contribution in [0.3, 0.4) is 0 Å². The minimum absolute atomic E-state index is 0.0424. The fraction of sp³-hybridized carbons (Fsp3) is 0.312. The van der Waals surface area contributed by atoms with Crippen LogP contribution in [0.25, 0.3) is 0 Å². The van der Waals surface area contributed by atoms with Crippen LogP contribution < -0.4 is 10.9 Å². The molecule has 0 aliphatic rings. The second-order valence-corrected chi connectivity index (χ2v) is 4.56. The Balaban J connectivity index is 2.21. The highest BCUT2D eigenvalue weighted by atomic mass is 16.1. The predicted octanol–water partition coefficient (Wildman–Crippen LogP) is 3.43. The molecule has 1 aromatic carbocycles. The van der Waals surface area contributed by atoms with E-state index in [1.54, 1.807) is 10.6 Å². The summed E-state index contributed by atoms with van der Waals surface area (Å²) < 4.78 is 1.71. The molecule has 0 fully saturated rings. The van der Waals surface area contributed by atoms with Crippen molar-refractivity contribution in [1.82, 2.24) is 4.57 Å². The zero-order chi connectivity index (χ0) is 13.7. The van der Waals surface area contributed by atoms with Crippen LogP contribution in [0.2, 0.25) is 0 Å². The van der Waals surface area contributed by atoms with E-state index in [9.17, 15) is 4.79 Å². The average molecular weight is 256 g/mol. The van der Waals surface area contributed by atoms with E-state index in [4.69, 9.17) is 0 Å². The van der Waals surface area contributed by atoms with Gasteiger partial charge in [-0.2, -0.15) is 0 Å². The van der Waals surface area contributed by atoms with Crippen molar-refractivity contribution in [2.45, 2.75) is 32.9 Å². The van der Waals surface area contributed by atoms with Gasteiger partial charge in [0.05, 0.1) is 11.7 Å². The molecule has 1 heterocycles. The van der Waals surface area contributed by atoms with Gasteiger partial charge in [-0.25, -0.2) is 0 Å². The normalized spacial score (nSPS) is 12.1. The molecule has 0 aliphatic heterocycles. The fourth-order valence-corrected chi connectivity index (χ4v) is 2.17. The topological polar surface area (TPSA) is 34.0 Å². The van der Waals surface area contributed by atoms with E-state index in [-0.39, 0.29) is 11.6 Å². The first kappa shape index (κ1) is 13.4. The molecule has 0 amide bonds. The zero-order valence-electron chi connectivity index (χ0n) is 11.5. The first-order chi connectivity index (χ1) is 9.24. The van der Waals surface area contributed by atoms with Gasteiger partial charge in [-0.1, -0.05) is 37.3 Å². The summed E-state index contributed by atoms with van der Waals surface area (Å²) in [5, 5.41) is 3.49. The summed E-state index contributed by atoms with van der Waals surface area (Å²) in [5.41, 5.74) is 2.29. The van der Waals surface area contributed by atoms with Gasteiger partial charge in [0.2, 0.25) is 0 Å². The van der Waals surface area contributed by atoms with E-state index in [2.05, 4.69) is 24.4 Å². The van der Waals surface area contributed by atoms with Crippen molar-refractivity contribution in [2.24, 2.45) is 0 Å². The van der Waals surface area contributed by atoms with Crippen molar-refractivity contribution in [3.05, 3.63) is 64.6 Å². The first-order valence-electron chi connectivity index (χ1n) is 6.76. The molecule has 1 atom stereocenters. The van der Waals surface area contributed by atoms with E-state index in [1.165, 1.54) is 5.56 Å². The van der Waals surface area contributed by atoms with Crippen molar-refractivity contribution in [3.8, 4) is 0 Å². The molecule has 2 rings (SSSR count). The summed E-state index contributed by atoms with van der Waals surface area (Å²) in [5.74, 6) is 0. The van der Waals surface area contributed by atoms with Crippen LogP contribution in [0.5, 0.6) is 0 Å². The molecule has 1 unspecified atom stereocenters. The molecule has 1 N–H and O–H groups in total. The van der Waals surface area contributed by atoms with E-state index in [1.807, 2.05) is 37.4 Å². The standard InChI is InChI=1S/C16H20N2O/c1-3-15(13-8-6-5-7-9-13)17-14-10-11-16(19)18(4-2)12-14/h5-12,15,17H,3-4H2,1-2H3. The highest BCUT2D eigenvalue weighted by Gasteiger charge is 2.08. The van der Waals surface area contributed by atoms with Gasteiger partial charge in [0.15, 0.2) is 0 Å². The number of benzene rings is 1. The Morgan fingerprint density at radius 2 is 1.84 bits per heavy atom. The Bertz CT molecular complexity index is 575. The van der Waals surface area contributed by atoms with E-state index in [0.717, 1.165) is 12.1 Å². The van der Waals surface area contributed by atoms with Gasteiger partial charge in [-0.3, -0.25) is 4.79 Å². The van der Waals surface area contributed by atoms with Gasteiger partial charge >= 0.3 is 0 Å². The van der Waals surface area contributed by atoms with Crippen molar-refractivity contribution in [1.29, 1.82) is 0 Å². The summed E-state index contributed by atoms with van der Waals surface area (Å²) in [7, 11) is 0. The molecule has 1 aromatic heterocycles. The number of nitrogens with one attached hydrogen (secondary N) is 1. The first-order valence-corrected chi connectivity index (χ1v) is 6.76. The Kier molecular flexibility index (Phi) is 4.39. The van der Waals surface area contributed by atoms with E-state index in [0.29, 0.717) is 6.54 Å². The summed E-state index contributed by atoms with van der Waals surface area (Å²) in [6.45, 7) is 4.82. The Morgan fingerprint density at radius 1 is 1.11 bits per heavy atom. The van der Waals surface area contributed by atoms with Crippen molar-refractivity contribution in [3.63, 3.8) is 0 Å². The SMILES string of the molecule is CCC(Nc1ccc(=O)n(CC)c1)c1ccccc1. The van der Waals surface area contributed by atoms with Gasteiger partial charge in [-0.15, -0.1) is 0 Å². The number of aromatic nitrogens is 1. The van der Waals surface area contributed by atoms with Gasteiger partial charge in [0.25, 0.3) is 5.56 Å². The van der Waals surface area contributed by atoms with Crippen LogP contribution in [0.1, 0.15) is 31.9 Å². The second-order valence-electron chi connectivity index (χ2n) is 4.56. The lowest BCUT2D eigenvalue weighted by molar-refractivity contribution is 0.715. The van der Waals surface area contributed by atoms with Crippen LogP contribution in [-0.4, -0.2) is 4.57 Å². The summed E-state index contributed by atoms with van der Waals surface area (Å²) >= 11 is 0. The highest BCUT2D eigenvalue weighted by Crippen LogP contribution is 2.21. The molecule has 0 saturated heterocycles. The van der Waals surface area contributed by atoms with Crippen LogP contribution in [0.15, 0.2) is 53.5 Å². The molecule has 0 saturated carbocycles. The third-order valence-electron chi connectivity index (χ3n) is 3.28. The Labute approximate surface area is 113 Å². The molecular formula is C16H20N2O. The number of anilines is 1. The van der Waals surface area contributed by atoms with Gasteiger partial charge in [0.1, 0.15) is 0 Å². The second kappa shape index (κ2) is 6.23. The third kappa shape index (κ3) is 3.25. The van der Waals surface area contributed by atoms with E-state index < -0.39 is 0 Å². The maximum Gasteiger partial charge on any atom is 0.250 e. The molecule has 0 spiro atoms. The van der Waals surface area contributed by atoms with Gasteiger partial charge in [0, 0.05) is 18.8 Å². The molecule has 0 bridgehead atoms. The number of nitrogens with zero attached hydrogens (tertiary/aromatic N) is 1. The Morgan fingerprint density at radius 3 is 2.47 bits per heavy atom. The maximum atomic E-state index is 11.6. The molecule has 100 valence electrons. The lowest BCUT2D eigenvalue weighted by atomic mass is 10.0. The zero-order valence-corrected chi connectivity index (χ0v) is 11.5. The molecular weight excluding hydrogens is 236 g/mol. The monoisotopic (exact) mass is 256 g/mol. The molecule has 19 heavy (non-hydrogen) atoms. The minimum atomic E-state index is 0.0424. The Hall–Kier alpha value is -2.03. The minimum Gasteiger partial charge on any atom is -0.377 e. The van der Waals surface area contributed by atoms with Gasteiger partial charge in [-0.05, 0) is 25.0 Å². The number of pyridine rings is 1. The summed E-state index contributed by atoms with van der Waals surface area (Å²) in [6, 6.07) is 14.1. The van der Waals surface area contributed by atoms with Crippen molar-refractivity contribution < 1.29 is 0 Å². The van der Waals surface area contributed by atoms with Crippen molar-refractivity contribution in [2.75, 3.05) is 5.32 Å². The van der Waals surface area contributed by atoms with Crippen LogP contribution in [-0.2, 0) is 6.54 Å². The molecule has 2 aromatic rings. The third-order valence-corrected chi connectivity index (χ3v) is 3.28. The summed E-state index contributed by atoms with van der Waals surface area (Å²) in [6.07, 6.45) is 2.88. The molecule has 3 nitrogen and oxygen atoms in total. The predicted molar refractivity (Wildman–Crippen MR) is 79.5 cm³/mol. The average Bonchev–Trinajstić information content (AvgIpc) is 2.47. The quantitative estimate of drug-likeness (QED) is 0.889. The van der Waals surface area contributed by atoms with Crippen LogP contribution in [0, 0.1) is 0 Å². The van der Waals surface area contributed by atoms with E-state index >= 15 is 0 Å². The van der Waals surface area contributed by atoms with Gasteiger partial charge < -0.3 is 9.88 Å². The molecule has 0 aliphatic carbocycles. The smallest absolute Gasteiger partial charge is 0.250 e. The molecule has 0 radical (unpaired) electrons. The number of hydrogen-bond donors (Lipinski definition) is 1. The summed E-state index contributed by atoms with van der Waals surface area (Å²) in [4.78, 5) is 11.6. The lowest BCUT2D eigenvalue weighted by Gasteiger charge is -2.19. The molecule has 3 heteroatoms. The number of hydrogen-bond acceptors (Lipinski definition) is 2. The maximum absolute atomic E-state index is 11.6. The number of rotatable bonds is 5. The highest BCUT2D eigenvalue weighted by molar-refractivity contribution is 5.43. The number of aryl methyl sites for hydroxylation is 1. The van der Waals surface area contributed by atoms with Crippen molar-refractivity contribution >= 4 is 5.69 Å². The van der Waals surface area contributed by atoms with Crippen LogP contribution >= 0.6 is 0 Å². The lowest BCUT2D eigenvalue weighted by Crippen LogP contribution is -2.19. The largest absolute Gasteiger partial charge is 0.377 e. The fourth-order valence-electron chi connectivity index (χ4n) is 2.17. The van der Waals surface area contributed by atoms with Crippen LogP contribution in [0.4, 0.5) is 5.69 Å².